The summed E-state index contributed by atoms with van der Waals surface area (Å²) in [7, 11) is 3.78. The standard InChI is InChI=1S/C12H22N2OS/c1-9(15-4)5-6-11(13-3)7-12-8-16-10(2)14-12/h8-9,11,13H,5-7H2,1-4H3. The Morgan fingerprint density at radius 3 is 2.75 bits per heavy atom. The zero-order valence-corrected chi connectivity index (χ0v) is 11.4. The number of aryl methyl sites for hydroxylation is 1. The van der Waals surface area contributed by atoms with E-state index in [-0.39, 0.29) is 0 Å². The summed E-state index contributed by atoms with van der Waals surface area (Å²) in [5, 5.41) is 6.65. The molecule has 0 spiro atoms. The van der Waals surface area contributed by atoms with Crippen molar-refractivity contribution in [2.24, 2.45) is 0 Å². The third-order valence-corrected chi connectivity index (χ3v) is 3.68. The van der Waals surface area contributed by atoms with Crippen molar-refractivity contribution in [2.75, 3.05) is 14.2 Å². The Morgan fingerprint density at radius 2 is 2.25 bits per heavy atom. The highest BCUT2D eigenvalue weighted by Gasteiger charge is 2.11. The topological polar surface area (TPSA) is 34.1 Å². The minimum Gasteiger partial charge on any atom is -0.382 e. The Labute approximate surface area is 102 Å². The Kier molecular flexibility index (Phi) is 5.95. The third-order valence-electron chi connectivity index (χ3n) is 2.85. The number of hydrogen-bond donors (Lipinski definition) is 1. The molecule has 2 unspecified atom stereocenters. The van der Waals surface area contributed by atoms with Crippen LogP contribution in [-0.2, 0) is 11.2 Å². The van der Waals surface area contributed by atoms with Crippen LogP contribution in [-0.4, -0.2) is 31.3 Å². The van der Waals surface area contributed by atoms with Crippen molar-refractivity contribution >= 4 is 11.3 Å². The summed E-state index contributed by atoms with van der Waals surface area (Å²) in [5.74, 6) is 0. The van der Waals surface area contributed by atoms with Crippen molar-refractivity contribution in [3.05, 3.63) is 16.1 Å². The summed E-state index contributed by atoms with van der Waals surface area (Å²) < 4.78 is 5.26. The van der Waals surface area contributed by atoms with Gasteiger partial charge in [0.25, 0.3) is 0 Å². The van der Waals surface area contributed by atoms with Gasteiger partial charge in [-0.1, -0.05) is 0 Å². The Hall–Kier alpha value is -0.450. The van der Waals surface area contributed by atoms with Crippen molar-refractivity contribution in [3.8, 4) is 0 Å². The molecule has 0 radical (unpaired) electrons. The molecule has 2 atom stereocenters. The molecule has 0 aliphatic rings. The largest absolute Gasteiger partial charge is 0.382 e. The van der Waals surface area contributed by atoms with Crippen LogP contribution in [0.2, 0.25) is 0 Å². The fourth-order valence-corrected chi connectivity index (χ4v) is 2.28. The zero-order chi connectivity index (χ0) is 12.0. The molecule has 1 heterocycles. The SMILES string of the molecule is CNC(CCC(C)OC)Cc1csc(C)n1. The summed E-state index contributed by atoms with van der Waals surface area (Å²) in [4.78, 5) is 4.49. The quantitative estimate of drug-likeness (QED) is 0.797. The average molecular weight is 242 g/mol. The maximum Gasteiger partial charge on any atom is 0.0897 e. The maximum absolute atomic E-state index is 5.26. The van der Waals surface area contributed by atoms with Crippen LogP contribution in [0.1, 0.15) is 30.5 Å². The van der Waals surface area contributed by atoms with Gasteiger partial charge in [0.1, 0.15) is 0 Å². The van der Waals surface area contributed by atoms with Crippen LogP contribution in [0.4, 0.5) is 0 Å². The van der Waals surface area contributed by atoms with Gasteiger partial charge in [0, 0.05) is 25.0 Å². The first-order valence-electron chi connectivity index (χ1n) is 5.76. The fraction of sp³-hybridized carbons (Fsp3) is 0.750. The lowest BCUT2D eigenvalue weighted by molar-refractivity contribution is 0.106. The summed E-state index contributed by atoms with van der Waals surface area (Å²) in [6, 6.07) is 0.499. The number of methoxy groups -OCH3 is 1. The molecule has 1 N–H and O–H groups in total. The van der Waals surface area contributed by atoms with E-state index in [0.717, 1.165) is 24.3 Å². The lowest BCUT2D eigenvalue weighted by Gasteiger charge is -2.17. The van der Waals surface area contributed by atoms with E-state index in [1.807, 2.05) is 7.05 Å². The molecule has 0 saturated heterocycles. The predicted molar refractivity (Wildman–Crippen MR) is 69.1 cm³/mol. The zero-order valence-electron chi connectivity index (χ0n) is 10.6. The molecule has 92 valence electrons. The van der Waals surface area contributed by atoms with E-state index in [0.29, 0.717) is 12.1 Å². The van der Waals surface area contributed by atoms with E-state index in [2.05, 4.69) is 29.5 Å². The first-order chi connectivity index (χ1) is 7.65. The average Bonchev–Trinajstić information content (AvgIpc) is 2.69. The normalized spacial score (nSPS) is 15.0. The molecule has 0 saturated carbocycles. The minimum absolute atomic E-state index is 0.341. The number of nitrogens with zero attached hydrogens (tertiary/aromatic N) is 1. The second kappa shape index (κ2) is 6.99. The van der Waals surface area contributed by atoms with Crippen molar-refractivity contribution in [2.45, 2.75) is 45.3 Å². The summed E-state index contributed by atoms with van der Waals surface area (Å²) in [5.41, 5.74) is 1.20. The van der Waals surface area contributed by atoms with E-state index < -0.39 is 0 Å². The molecule has 0 fully saturated rings. The van der Waals surface area contributed by atoms with Crippen molar-refractivity contribution in [1.82, 2.24) is 10.3 Å². The molecular weight excluding hydrogens is 220 g/mol. The van der Waals surface area contributed by atoms with Crippen LogP contribution < -0.4 is 5.32 Å². The van der Waals surface area contributed by atoms with Crippen LogP contribution in [0, 0.1) is 6.92 Å². The van der Waals surface area contributed by atoms with Crippen LogP contribution in [0.3, 0.4) is 0 Å². The minimum atomic E-state index is 0.341. The van der Waals surface area contributed by atoms with Gasteiger partial charge in [-0.25, -0.2) is 4.98 Å². The molecule has 0 aliphatic carbocycles. The van der Waals surface area contributed by atoms with E-state index in [9.17, 15) is 0 Å². The summed E-state index contributed by atoms with van der Waals surface area (Å²) in [6.07, 6.45) is 3.57. The Balaban J connectivity index is 2.37. The molecule has 1 rings (SSSR count). The summed E-state index contributed by atoms with van der Waals surface area (Å²) in [6.45, 7) is 4.16. The van der Waals surface area contributed by atoms with Gasteiger partial charge in [0.05, 0.1) is 16.8 Å². The van der Waals surface area contributed by atoms with Gasteiger partial charge >= 0.3 is 0 Å². The highest BCUT2D eigenvalue weighted by Crippen LogP contribution is 2.13. The Bertz CT molecular complexity index is 301. The second-order valence-electron chi connectivity index (χ2n) is 4.17. The first-order valence-corrected chi connectivity index (χ1v) is 6.64. The number of likely N-dealkylation sites (N-methyl/N-ethyl adjacent to an activating group) is 1. The molecular formula is C12H22N2OS. The number of rotatable bonds is 7. The van der Waals surface area contributed by atoms with Crippen LogP contribution >= 0.6 is 11.3 Å². The highest BCUT2D eigenvalue weighted by molar-refractivity contribution is 7.09. The molecule has 0 aromatic carbocycles. The smallest absolute Gasteiger partial charge is 0.0897 e. The van der Waals surface area contributed by atoms with E-state index in [1.165, 1.54) is 5.69 Å². The molecule has 1 aromatic rings. The van der Waals surface area contributed by atoms with Crippen LogP contribution in [0.5, 0.6) is 0 Å². The number of aromatic nitrogens is 1. The van der Waals surface area contributed by atoms with Gasteiger partial charge in [-0.3, -0.25) is 0 Å². The van der Waals surface area contributed by atoms with Gasteiger partial charge < -0.3 is 10.1 Å². The van der Waals surface area contributed by atoms with E-state index in [1.54, 1.807) is 18.4 Å². The fourth-order valence-electron chi connectivity index (χ4n) is 1.66. The van der Waals surface area contributed by atoms with Gasteiger partial charge in [0.15, 0.2) is 0 Å². The second-order valence-corrected chi connectivity index (χ2v) is 5.23. The number of hydrogen-bond acceptors (Lipinski definition) is 4. The molecule has 0 amide bonds. The molecule has 0 bridgehead atoms. The molecule has 3 nitrogen and oxygen atoms in total. The lowest BCUT2D eigenvalue weighted by Crippen LogP contribution is -2.28. The molecule has 0 aliphatic heterocycles. The molecule has 4 heteroatoms. The number of thiazole rings is 1. The predicted octanol–water partition coefficient (Wildman–Crippen LogP) is 2.40. The molecule has 16 heavy (non-hydrogen) atoms. The van der Waals surface area contributed by atoms with Gasteiger partial charge in [-0.05, 0) is 33.7 Å². The van der Waals surface area contributed by atoms with Gasteiger partial charge in [-0.15, -0.1) is 11.3 Å². The van der Waals surface area contributed by atoms with Gasteiger partial charge in [-0.2, -0.15) is 0 Å². The van der Waals surface area contributed by atoms with E-state index in [4.69, 9.17) is 4.74 Å². The monoisotopic (exact) mass is 242 g/mol. The van der Waals surface area contributed by atoms with Crippen LogP contribution in [0.15, 0.2) is 5.38 Å². The first kappa shape index (κ1) is 13.6. The van der Waals surface area contributed by atoms with Crippen molar-refractivity contribution in [3.63, 3.8) is 0 Å². The maximum atomic E-state index is 5.26. The number of nitrogens with one attached hydrogen (secondary N) is 1. The highest BCUT2D eigenvalue weighted by atomic mass is 32.1. The summed E-state index contributed by atoms with van der Waals surface area (Å²) >= 11 is 1.72. The third kappa shape index (κ3) is 4.60. The molecule has 1 aromatic heterocycles. The van der Waals surface area contributed by atoms with Crippen LogP contribution in [0.25, 0.3) is 0 Å². The van der Waals surface area contributed by atoms with Gasteiger partial charge in [0.2, 0.25) is 0 Å². The van der Waals surface area contributed by atoms with Crippen molar-refractivity contribution in [1.29, 1.82) is 0 Å². The Morgan fingerprint density at radius 1 is 1.50 bits per heavy atom. The van der Waals surface area contributed by atoms with E-state index >= 15 is 0 Å². The number of ether oxygens (including phenoxy) is 1. The van der Waals surface area contributed by atoms with Crippen molar-refractivity contribution < 1.29 is 4.74 Å². The lowest BCUT2D eigenvalue weighted by atomic mass is 10.0.